The molecule has 0 aliphatic heterocycles. The SMILES string of the molecule is COc1cc(-c2nccc(-c3cccc(NC(=O)c4ccc(CN(CCO)C(=O)OC(C)(C)C)cn4)c3C)c2Cl)ccc1C=O. The van der Waals surface area contributed by atoms with E-state index in [-0.39, 0.29) is 25.4 Å². The summed E-state index contributed by atoms with van der Waals surface area (Å²) in [5.41, 5.74) is 4.68. The number of carbonyl (C=O) groups excluding carboxylic acids is 3. The molecule has 4 aromatic rings. The zero-order valence-corrected chi connectivity index (χ0v) is 26.5. The quantitative estimate of drug-likeness (QED) is 0.188. The van der Waals surface area contributed by atoms with Gasteiger partial charge < -0.3 is 24.8 Å². The second-order valence-corrected chi connectivity index (χ2v) is 11.6. The molecule has 2 N–H and O–H groups in total. The molecule has 0 spiro atoms. The topological polar surface area (TPSA) is 131 Å². The monoisotopic (exact) mass is 630 g/mol. The second kappa shape index (κ2) is 14.3. The van der Waals surface area contributed by atoms with Gasteiger partial charge in [0.25, 0.3) is 5.91 Å². The Balaban J connectivity index is 1.54. The van der Waals surface area contributed by atoms with Crippen molar-refractivity contribution in [3.8, 4) is 28.1 Å². The van der Waals surface area contributed by atoms with Crippen molar-refractivity contribution in [2.45, 2.75) is 39.8 Å². The van der Waals surface area contributed by atoms with Crippen molar-refractivity contribution in [1.82, 2.24) is 14.9 Å². The summed E-state index contributed by atoms with van der Waals surface area (Å²) < 4.78 is 10.8. The predicted octanol–water partition coefficient (Wildman–Crippen LogP) is 6.58. The van der Waals surface area contributed by atoms with Crippen molar-refractivity contribution in [3.05, 3.63) is 94.4 Å². The van der Waals surface area contributed by atoms with Gasteiger partial charge in [0.15, 0.2) is 6.29 Å². The first kappa shape index (κ1) is 33.1. The Hall–Kier alpha value is -4.80. The Morgan fingerprint density at radius 2 is 1.84 bits per heavy atom. The van der Waals surface area contributed by atoms with Crippen LogP contribution in [0.2, 0.25) is 5.02 Å². The second-order valence-electron chi connectivity index (χ2n) is 11.2. The van der Waals surface area contributed by atoms with Crippen molar-refractivity contribution in [2.24, 2.45) is 0 Å². The summed E-state index contributed by atoms with van der Waals surface area (Å²) in [5, 5.41) is 12.7. The molecule has 0 saturated carbocycles. The van der Waals surface area contributed by atoms with E-state index in [1.165, 1.54) is 18.2 Å². The van der Waals surface area contributed by atoms with Crippen LogP contribution in [-0.2, 0) is 11.3 Å². The Morgan fingerprint density at radius 3 is 2.49 bits per heavy atom. The molecule has 11 heteroatoms. The van der Waals surface area contributed by atoms with Crippen LogP contribution in [-0.4, -0.2) is 64.1 Å². The molecule has 0 fully saturated rings. The fraction of sp³-hybridized carbons (Fsp3) is 0.265. The van der Waals surface area contributed by atoms with Crippen LogP contribution in [0.25, 0.3) is 22.4 Å². The molecule has 0 saturated heterocycles. The number of anilines is 1. The van der Waals surface area contributed by atoms with Crippen LogP contribution < -0.4 is 10.1 Å². The molecular formula is C34H35ClN4O6. The maximum atomic E-state index is 13.2. The summed E-state index contributed by atoms with van der Waals surface area (Å²) in [7, 11) is 1.49. The van der Waals surface area contributed by atoms with Gasteiger partial charge in [0.05, 0.1) is 36.5 Å². The number of hydrogen-bond donors (Lipinski definition) is 2. The average molecular weight is 631 g/mol. The van der Waals surface area contributed by atoms with Gasteiger partial charge in [-0.25, -0.2) is 4.79 Å². The average Bonchev–Trinajstić information content (AvgIpc) is 3.01. The molecule has 0 radical (unpaired) electrons. The Labute approximate surface area is 267 Å². The molecule has 0 unspecified atom stereocenters. The first-order valence-corrected chi connectivity index (χ1v) is 14.6. The smallest absolute Gasteiger partial charge is 0.410 e. The summed E-state index contributed by atoms with van der Waals surface area (Å²) in [6.45, 7) is 7.22. The fourth-order valence-electron chi connectivity index (χ4n) is 4.61. The molecule has 0 atom stereocenters. The molecule has 0 bridgehead atoms. The number of rotatable bonds is 10. The van der Waals surface area contributed by atoms with Gasteiger partial charge in [-0.15, -0.1) is 0 Å². The normalized spacial score (nSPS) is 11.1. The maximum Gasteiger partial charge on any atom is 0.410 e. The number of ether oxygens (including phenoxy) is 2. The van der Waals surface area contributed by atoms with Crippen LogP contribution in [0.1, 0.15) is 52.7 Å². The Morgan fingerprint density at radius 1 is 1.07 bits per heavy atom. The number of benzene rings is 2. The fourth-order valence-corrected chi connectivity index (χ4v) is 4.94. The zero-order valence-electron chi connectivity index (χ0n) is 25.8. The molecule has 2 aromatic heterocycles. The maximum absolute atomic E-state index is 13.2. The lowest BCUT2D eigenvalue weighted by Crippen LogP contribution is -2.38. The van der Waals surface area contributed by atoms with E-state index < -0.39 is 17.6 Å². The largest absolute Gasteiger partial charge is 0.496 e. The highest BCUT2D eigenvalue weighted by Crippen LogP contribution is 2.39. The van der Waals surface area contributed by atoms with Gasteiger partial charge in [-0.05, 0) is 74.7 Å². The first-order valence-electron chi connectivity index (χ1n) is 14.2. The standard InChI is InChI=1S/C34H35ClN4O6/c1-21-25(26-13-14-36-31(30(26)35)23-10-11-24(20-41)29(17-23)44-5)7-6-8-27(21)38-32(42)28-12-9-22(18-37-28)19-39(15-16-40)33(43)45-34(2,3)4/h6-14,17-18,20,40H,15-16,19H2,1-5H3,(H,38,42). The van der Waals surface area contributed by atoms with Crippen LogP contribution in [0.4, 0.5) is 10.5 Å². The molecule has 0 aliphatic carbocycles. The minimum atomic E-state index is -0.677. The first-order chi connectivity index (χ1) is 21.4. The van der Waals surface area contributed by atoms with Gasteiger partial charge in [0, 0.05) is 35.8 Å². The number of pyridine rings is 2. The van der Waals surface area contributed by atoms with Gasteiger partial charge >= 0.3 is 6.09 Å². The lowest BCUT2D eigenvalue weighted by molar-refractivity contribution is 0.0201. The lowest BCUT2D eigenvalue weighted by atomic mass is 9.97. The van der Waals surface area contributed by atoms with E-state index in [2.05, 4.69) is 15.3 Å². The van der Waals surface area contributed by atoms with Crippen LogP contribution in [0, 0.1) is 6.92 Å². The number of aliphatic hydroxyl groups excluding tert-OH is 1. The van der Waals surface area contributed by atoms with E-state index in [0.717, 1.165) is 17.4 Å². The van der Waals surface area contributed by atoms with Crippen molar-refractivity contribution < 1.29 is 29.0 Å². The third-order valence-electron chi connectivity index (χ3n) is 6.85. The van der Waals surface area contributed by atoms with E-state index in [9.17, 15) is 19.5 Å². The third kappa shape index (κ3) is 8.03. The van der Waals surface area contributed by atoms with Crippen molar-refractivity contribution in [1.29, 1.82) is 0 Å². The number of methoxy groups -OCH3 is 1. The number of aldehydes is 1. The molecule has 234 valence electrons. The van der Waals surface area contributed by atoms with E-state index in [1.807, 2.05) is 19.1 Å². The lowest BCUT2D eigenvalue weighted by Gasteiger charge is -2.27. The number of hydrogen-bond acceptors (Lipinski definition) is 8. The van der Waals surface area contributed by atoms with Gasteiger partial charge in [-0.2, -0.15) is 0 Å². The van der Waals surface area contributed by atoms with Crippen molar-refractivity contribution >= 4 is 35.6 Å². The summed E-state index contributed by atoms with van der Waals surface area (Å²) in [5.74, 6) is 0.00358. The summed E-state index contributed by atoms with van der Waals surface area (Å²) >= 11 is 6.88. The van der Waals surface area contributed by atoms with Gasteiger partial charge in [-0.3, -0.25) is 19.6 Å². The zero-order chi connectivity index (χ0) is 32.7. The van der Waals surface area contributed by atoms with Gasteiger partial charge in [0.1, 0.15) is 17.0 Å². The third-order valence-corrected chi connectivity index (χ3v) is 7.23. The molecule has 4 rings (SSSR count). The minimum absolute atomic E-state index is 0.0936. The van der Waals surface area contributed by atoms with Crippen LogP contribution in [0.5, 0.6) is 5.75 Å². The number of aromatic nitrogens is 2. The molecule has 2 amide bonds. The number of nitrogens with one attached hydrogen (secondary N) is 1. The van der Waals surface area contributed by atoms with Gasteiger partial charge in [0.2, 0.25) is 0 Å². The van der Waals surface area contributed by atoms with Crippen LogP contribution >= 0.6 is 11.6 Å². The van der Waals surface area contributed by atoms with Crippen LogP contribution in [0.15, 0.2) is 67.0 Å². The molecule has 45 heavy (non-hydrogen) atoms. The highest BCUT2D eigenvalue weighted by atomic mass is 35.5. The Kier molecular flexibility index (Phi) is 10.5. The number of nitrogens with zero attached hydrogens (tertiary/aromatic N) is 3. The number of amides is 2. The summed E-state index contributed by atoms with van der Waals surface area (Å²) in [6.07, 6.45) is 3.34. The van der Waals surface area contributed by atoms with Crippen molar-refractivity contribution in [3.63, 3.8) is 0 Å². The summed E-state index contributed by atoms with van der Waals surface area (Å²) in [4.78, 5) is 47.2. The van der Waals surface area contributed by atoms with Gasteiger partial charge in [-0.1, -0.05) is 35.9 Å². The number of aliphatic hydroxyl groups is 1. The molecule has 2 aromatic carbocycles. The molecular weight excluding hydrogens is 596 g/mol. The van der Waals surface area contributed by atoms with E-state index >= 15 is 0 Å². The van der Waals surface area contributed by atoms with E-state index in [4.69, 9.17) is 21.1 Å². The molecule has 2 heterocycles. The number of carbonyl (C=O) groups is 3. The molecule has 0 aliphatic rings. The van der Waals surface area contributed by atoms with E-state index in [1.54, 1.807) is 69.4 Å². The van der Waals surface area contributed by atoms with Crippen molar-refractivity contribution in [2.75, 3.05) is 25.6 Å². The predicted molar refractivity (Wildman–Crippen MR) is 173 cm³/mol. The highest BCUT2D eigenvalue weighted by molar-refractivity contribution is 6.35. The van der Waals surface area contributed by atoms with Crippen LogP contribution in [0.3, 0.4) is 0 Å². The number of halogens is 1. The highest BCUT2D eigenvalue weighted by Gasteiger charge is 2.22. The Bertz CT molecular complexity index is 1700. The molecule has 10 nitrogen and oxygen atoms in total. The summed E-state index contributed by atoms with van der Waals surface area (Å²) in [6, 6.07) is 15.7. The van der Waals surface area contributed by atoms with E-state index in [0.29, 0.717) is 44.4 Å². The minimum Gasteiger partial charge on any atom is -0.496 e.